The van der Waals surface area contributed by atoms with E-state index in [-0.39, 0.29) is 19.1 Å². The fourth-order valence-corrected chi connectivity index (χ4v) is 7.49. The summed E-state index contributed by atoms with van der Waals surface area (Å²) in [7, 11) is 1.63. The molecule has 3 N–H and O–H groups in total. The zero-order valence-corrected chi connectivity index (χ0v) is 36.2. The molecule has 1 amide bonds. The second-order valence-corrected chi connectivity index (χ2v) is 18.2. The van der Waals surface area contributed by atoms with Crippen LogP contribution in [0.1, 0.15) is 219 Å². The molecule has 0 rings (SSSR count). The van der Waals surface area contributed by atoms with Gasteiger partial charge in [-0.1, -0.05) is 200 Å². The van der Waals surface area contributed by atoms with Gasteiger partial charge < -0.3 is 19.8 Å². The molecule has 0 aliphatic heterocycles. The number of amides is 1. The third-order valence-corrected chi connectivity index (χ3v) is 11.3. The van der Waals surface area contributed by atoms with Crippen molar-refractivity contribution in [2.75, 3.05) is 40.9 Å². The molecule has 0 aliphatic rings. The largest absolute Gasteiger partial charge is 0.472 e. The normalized spacial score (nSPS) is 14.4. The van der Waals surface area contributed by atoms with Gasteiger partial charge in [0.25, 0.3) is 0 Å². The Labute approximate surface area is 323 Å². The number of hydrogen-bond donors (Lipinski definition) is 3. The Kier molecular flexibility index (Phi) is 35.8. The van der Waals surface area contributed by atoms with Crippen LogP contribution in [0.5, 0.6) is 0 Å². The lowest BCUT2D eigenvalue weighted by Crippen LogP contribution is -2.46. The van der Waals surface area contributed by atoms with E-state index in [1.54, 1.807) is 0 Å². The number of aliphatic hydroxyl groups is 1. The van der Waals surface area contributed by atoms with Crippen molar-refractivity contribution >= 4 is 13.7 Å². The average Bonchev–Trinajstić information content (AvgIpc) is 3.09. The Morgan fingerprint density at radius 1 is 0.577 bits per heavy atom. The minimum Gasteiger partial charge on any atom is -0.391 e. The predicted molar refractivity (Wildman–Crippen MR) is 222 cm³/mol. The average molecular weight is 762 g/mol. The first kappa shape index (κ1) is 51.5. The van der Waals surface area contributed by atoms with Gasteiger partial charge in [-0.2, -0.15) is 0 Å². The van der Waals surface area contributed by atoms with Gasteiger partial charge >= 0.3 is 7.82 Å². The van der Waals surface area contributed by atoms with Crippen molar-refractivity contribution in [1.29, 1.82) is 0 Å². The summed E-state index contributed by atoms with van der Waals surface area (Å²) in [5.41, 5.74) is 0. The summed E-state index contributed by atoms with van der Waals surface area (Å²) < 4.78 is 23.6. The summed E-state index contributed by atoms with van der Waals surface area (Å²) in [6, 6.07) is -0.752. The van der Waals surface area contributed by atoms with Gasteiger partial charge in [0.05, 0.1) is 39.9 Å². The molecule has 0 aromatic rings. The summed E-state index contributed by atoms with van der Waals surface area (Å²) in [5.74, 6) is -0.141. The van der Waals surface area contributed by atoms with E-state index in [9.17, 15) is 19.4 Å². The molecule has 312 valence electrons. The number of aliphatic hydroxyl groups excluding tert-OH is 1. The predicted octanol–water partition coefficient (Wildman–Crippen LogP) is 12.2. The summed E-state index contributed by atoms with van der Waals surface area (Å²) >= 11 is 0. The van der Waals surface area contributed by atoms with Crippen LogP contribution in [0.3, 0.4) is 0 Å². The maximum absolute atomic E-state index is 12.9. The third-order valence-electron chi connectivity index (χ3n) is 10.4. The second kappa shape index (κ2) is 36.2. The minimum absolute atomic E-state index is 0.0785. The van der Waals surface area contributed by atoms with Crippen LogP contribution < -0.4 is 5.32 Å². The van der Waals surface area contributed by atoms with Crippen LogP contribution in [0, 0.1) is 0 Å². The van der Waals surface area contributed by atoms with Crippen molar-refractivity contribution in [2.24, 2.45) is 0 Å². The fourth-order valence-electron chi connectivity index (χ4n) is 6.75. The Hall–Kier alpha value is -0.500. The zero-order valence-electron chi connectivity index (χ0n) is 35.3. The number of phosphoric acid groups is 1. The van der Waals surface area contributed by atoms with Gasteiger partial charge in [0, 0.05) is 6.42 Å². The molecular weight excluding hydrogens is 671 g/mol. The first-order chi connectivity index (χ1) is 25.0. The quantitative estimate of drug-likeness (QED) is 0.0325. The van der Waals surface area contributed by atoms with Crippen LogP contribution in [0.15, 0.2) is 0 Å². The van der Waals surface area contributed by atoms with Crippen molar-refractivity contribution in [2.45, 2.75) is 231 Å². The first-order valence-electron chi connectivity index (χ1n) is 22.4. The number of hydrogen-bond acceptors (Lipinski definition) is 5. The highest BCUT2D eigenvalue weighted by Gasteiger charge is 2.28. The molecule has 9 heteroatoms. The van der Waals surface area contributed by atoms with E-state index in [1.807, 2.05) is 21.1 Å². The molecule has 3 unspecified atom stereocenters. The zero-order chi connectivity index (χ0) is 38.6. The van der Waals surface area contributed by atoms with E-state index in [4.69, 9.17) is 9.05 Å². The van der Waals surface area contributed by atoms with Crippen molar-refractivity contribution in [3.63, 3.8) is 0 Å². The molecule has 0 aliphatic carbocycles. The molecule has 0 saturated carbocycles. The maximum Gasteiger partial charge on any atom is 0.472 e. The molecule has 0 aromatic heterocycles. The number of unbranched alkanes of at least 4 members (excludes halogenated alkanes) is 28. The van der Waals surface area contributed by atoms with E-state index in [0.29, 0.717) is 23.9 Å². The summed E-state index contributed by atoms with van der Waals surface area (Å²) in [5, 5.41) is 13.9. The number of likely N-dealkylation sites (N-methyl/N-ethyl adjacent to an activating group) is 1. The summed E-state index contributed by atoms with van der Waals surface area (Å²) in [6.07, 6.45) is 38.3. The number of carbonyl (C=O) groups is 1. The number of quaternary nitrogens is 1. The van der Waals surface area contributed by atoms with Crippen molar-refractivity contribution in [1.82, 2.24) is 5.32 Å². The first-order valence-corrected chi connectivity index (χ1v) is 23.9. The number of carbonyl (C=O) groups excluding carboxylic acids is 1. The molecule has 0 heterocycles. The number of nitrogens with one attached hydrogen (secondary N) is 1. The highest BCUT2D eigenvalue weighted by molar-refractivity contribution is 7.47. The van der Waals surface area contributed by atoms with Gasteiger partial charge in [0.15, 0.2) is 0 Å². The van der Waals surface area contributed by atoms with Crippen LogP contribution in [0.25, 0.3) is 0 Å². The van der Waals surface area contributed by atoms with E-state index in [0.717, 1.165) is 38.5 Å². The number of rotatable bonds is 41. The summed E-state index contributed by atoms with van der Waals surface area (Å²) in [6.45, 7) is 4.90. The Morgan fingerprint density at radius 2 is 0.923 bits per heavy atom. The van der Waals surface area contributed by atoms with E-state index in [2.05, 4.69) is 19.2 Å². The Balaban J connectivity index is 4.31. The lowest BCUT2D eigenvalue weighted by atomic mass is 10.0. The van der Waals surface area contributed by atoms with Crippen molar-refractivity contribution in [3.05, 3.63) is 0 Å². The molecule has 52 heavy (non-hydrogen) atoms. The Morgan fingerprint density at radius 3 is 1.29 bits per heavy atom. The molecule has 0 spiro atoms. The lowest BCUT2D eigenvalue weighted by molar-refractivity contribution is -0.870. The minimum atomic E-state index is -4.30. The van der Waals surface area contributed by atoms with Crippen molar-refractivity contribution in [3.8, 4) is 0 Å². The highest BCUT2D eigenvalue weighted by atomic mass is 31.2. The Bertz CT molecular complexity index is 824. The van der Waals surface area contributed by atoms with E-state index in [1.165, 1.54) is 154 Å². The molecule has 0 fully saturated rings. The van der Waals surface area contributed by atoms with Crippen LogP contribution >= 0.6 is 7.82 Å². The fraction of sp³-hybridized carbons (Fsp3) is 0.977. The van der Waals surface area contributed by atoms with Gasteiger partial charge in [-0.15, -0.1) is 0 Å². The van der Waals surface area contributed by atoms with Crippen LogP contribution in [-0.2, 0) is 18.4 Å². The lowest BCUT2D eigenvalue weighted by Gasteiger charge is -2.26. The van der Waals surface area contributed by atoms with Gasteiger partial charge in [-0.05, 0) is 12.8 Å². The van der Waals surface area contributed by atoms with E-state index < -0.39 is 20.0 Å². The third kappa shape index (κ3) is 37.8. The van der Waals surface area contributed by atoms with Crippen LogP contribution in [0.4, 0.5) is 0 Å². The van der Waals surface area contributed by atoms with Gasteiger partial charge in [-0.3, -0.25) is 13.8 Å². The molecule has 0 aromatic carbocycles. The van der Waals surface area contributed by atoms with Crippen LogP contribution in [-0.4, -0.2) is 73.4 Å². The monoisotopic (exact) mass is 762 g/mol. The van der Waals surface area contributed by atoms with Gasteiger partial charge in [0.1, 0.15) is 13.2 Å². The van der Waals surface area contributed by atoms with Gasteiger partial charge in [-0.25, -0.2) is 4.57 Å². The van der Waals surface area contributed by atoms with Gasteiger partial charge in [0.2, 0.25) is 5.91 Å². The molecule has 0 saturated heterocycles. The van der Waals surface area contributed by atoms with E-state index >= 15 is 0 Å². The summed E-state index contributed by atoms with van der Waals surface area (Å²) in [4.78, 5) is 23.1. The molecular formula is C43H90N2O6P+. The molecule has 8 nitrogen and oxygen atoms in total. The van der Waals surface area contributed by atoms with Crippen LogP contribution in [0.2, 0.25) is 0 Å². The topological polar surface area (TPSA) is 105 Å². The maximum atomic E-state index is 12.9. The number of phosphoric ester groups is 1. The standard InChI is InChI=1S/C43H89N2O6P/c1-6-8-10-12-14-16-18-20-21-22-23-25-27-29-31-33-35-37-43(47)44-41(40-51-52(48,49)50-39-38-45(3,4)5)42(46)36-34-32-30-28-26-24-19-17-15-13-11-9-7-2/h41-42,46H,6-40H2,1-5H3,(H-,44,47,48,49)/p+1. The smallest absolute Gasteiger partial charge is 0.391 e. The molecule has 0 radical (unpaired) electrons. The molecule has 0 bridgehead atoms. The molecule has 3 atom stereocenters. The SMILES string of the molecule is CCCCCCCCCCCCCCCCCCCC(=O)NC(COP(=O)(O)OCC[N+](C)(C)C)C(O)CCCCCCCCCCCCCCC. The second-order valence-electron chi connectivity index (χ2n) is 16.8. The van der Waals surface area contributed by atoms with Crippen molar-refractivity contribution < 1.29 is 32.9 Å². The number of nitrogens with zero attached hydrogens (tertiary/aromatic N) is 1. The highest BCUT2D eigenvalue weighted by Crippen LogP contribution is 2.43.